The lowest BCUT2D eigenvalue weighted by Gasteiger charge is -2.08. The summed E-state index contributed by atoms with van der Waals surface area (Å²) >= 11 is 6.28. The predicted molar refractivity (Wildman–Crippen MR) is 70.2 cm³/mol. The molecule has 0 bridgehead atoms. The summed E-state index contributed by atoms with van der Waals surface area (Å²) in [5, 5.41) is 1.87. The predicted octanol–water partition coefficient (Wildman–Crippen LogP) is 4.57. The highest BCUT2D eigenvalue weighted by Gasteiger charge is 2.06. The molecule has 2 aromatic rings. The average Bonchev–Trinajstić information content (AvgIpc) is 2.28. The number of halogens is 1. The molecule has 2 heteroatoms. The van der Waals surface area contributed by atoms with Crippen LogP contribution in [0.25, 0.3) is 10.9 Å². The fourth-order valence-electron chi connectivity index (χ4n) is 1.79. The number of rotatable bonds is 2. The lowest BCUT2D eigenvalue weighted by Crippen LogP contribution is -1.92. The molecule has 0 spiro atoms. The van der Waals surface area contributed by atoms with E-state index in [9.17, 15) is 0 Å². The van der Waals surface area contributed by atoms with Crippen LogP contribution in [0.15, 0.2) is 24.3 Å². The molecule has 0 radical (unpaired) electrons. The summed E-state index contributed by atoms with van der Waals surface area (Å²) in [6, 6.07) is 8.31. The Labute approximate surface area is 101 Å². The second-order valence-electron chi connectivity index (χ2n) is 4.38. The van der Waals surface area contributed by atoms with Gasteiger partial charge >= 0.3 is 0 Å². The van der Waals surface area contributed by atoms with Crippen LogP contribution in [0.1, 0.15) is 37.9 Å². The minimum atomic E-state index is 0.520. The van der Waals surface area contributed by atoms with Gasteiger partial charge in [0.2, 0.25) is 0 Å². The highest BCUT2D eigenvalue weighted by atomic mass is 35.5. The maximum absolute atomic E-state index is 6.28. The molecule has 0 aliphatic rings. The number of nitrogens with zero attached hydrogens (tertiary/aromatic N) is 1. The van der Waals surface area contributed by atoms with E-state index in [1.165, 1.54) is 5.56 Å². The Kier molecular flexibility index (Phi) is 3.15. The molecule has 1 aromatic carbocycles. The Hall–Kier alpha value is -1.08. The quantitative estimate of drug-likeness (QED) is 0.740. The number of fused-ring (bicyclic) bond motifs is 1. The molecule has 0 atom stereocenters. The van der Waals surface area contributed by atoms with Gasteiger partial charge in [-0.1, -0.05) is 38.4 Å². The summed E-state index contributed by atoms with van der Waals surface area (Å²) in [6.45, 7) is 6.46. The topological polar surface area (TPSA) is 12.9 Å². The molecule has 0 amide bonds. The molecule has 0 saturated heterocycles. The van der Waals surface area contributed by atoms with Crippen LogP contribution >= 0.6 is 11.6 Å². The highest BCUT2D eigenvalue weighted by molar-refractivity contribution is 6.35. The maximum atomic E-state index is 6.28. The first-order valence-electron chi connectivity index (χ1n) is 5.71. The first-order chi connectivity index (χ1) is 7.61. The SMILES string of the molecule is CCc1cc(Cl)c2cc(C(C)C)ccc2n1. The zero-order valence-electron chi connectivity index (χ0n) is 9.92. The molecule has 0 N–H and O–H groups in total. The molecular weight excluding hydrogens is 218 g/mol. The van der Waals surface area contributed by atoms with Crippen molar-refractivity contribution >= 4 is 22.5 Å². The highest BCUT2D eigenvalue weighted by Crippen LogP contribution is 2.27. The molecule has 1 nitrogen and oxygen atoms in total. The van der Waals surface area contributed by atoms with E-state index in [1.807, 2.05) is 6.07 Å². The largest absolute Gasteiger partial charge is 0.253 e. The third kappa shape index (κ3) is 2.05. The van der Waals surface area contributed by atoms with Crippen molar-refractivity contribution in [3.05, 3.63) is 40.5 Å². The van der Waals surface area contributed by atoms with Crippen LogP contribution in [-0.4, -0.2) is 4.98 Å². The number of aromatic nitrogens is 1. The monoisotopic (exact) mass is 233 g/mol. The van der Waals surface area contributed by atoms with Crippen LogP contribution in [0.2, 0.25) is 5.02 Å². The van der Waals surface area contributed by atoms with Gasteiger partial charge in [0, 0.05) is 11.1 Å². The van der Waals surface area contributed by atoms with Crippen molar-refractivity contribution in [3.8, 4) is 0 Å². The number of hydrogen-bond donors (Lipinski definition) is 0. The molecule has 16 heavy (non-hydrogen) atoms. The average molecular weight is 234 g/mol. The van der Waals surface area contributed by atoms with Crippen LogP contribution in [0.3, 0.4) is 0 Å². The van der Waals surface area contributed by atoms with Crippen LogP contribution < -0.4 is 0 Å². The lowest BCUT2D eigenvalue weighted by atomic mass is 10.0. The molecule has 0 saturated carbocycles. The standard InChI is InChI=1S/C14H16ClN/c1-4-11-8-13(15)12-7-10(9(2)3)5-6-14(12)16-11/h5-9H,4H2,1-3H3. The summed E-state index contributed by atoms with van der Waals surface area (Å²) in [6.07, 6.45) is 0.918. The van der Waals surface area contributed by atoms with E-state index in [1.54, 1.807) is 0 Å². The Bertz CT molecular complexity index is 517. The second-order valence-corrected chi connectivity index (χ2v) is 4.79. The first kappa shape index (κ1) is 11.4. The van der Waals surface area contributed by atoms with E-state index in [0.29, 0.717) is 5.92 Å². The number of hydrogen-bond acceptors (Lipinski definition) is 1. The van der Waals surface area contributed by atoms with Crippen molar-refractivity contribution < 1.29 is 0 Å². The van der Waals surface area contributed by atoms with E-state index in [-0.39, 0.29) is 0 Å². The van der Waals surface area contributed by atoms with Gasteiger partial charge in [-0.05, 0) is 36.1 Å². The van der Waals surface area contributed by atoms with E-state index in [0.717, 1.165) is 28.0 Å². The molecule has 1 heterocycles. The third-order valence-corrected chi connectivity index (χ3v) is 3.18. The fourth-order valence-corrected chi connectivity index (χ4v) is 2.07. The van der Waals surface area contributed by atoms with Crippen LogP contribution in [0.4, 0.5) is 0 Å². The van der Waals surface area contributed by atoms with Gasteiger partial charge in [0.15, 0.2) is 0 Å². The fraction of sp³-hybridized carbons (Fsp3) is 0.357. The van der Waals surface area contributed by atoms with Crippen LogP contribution in [-0.2, 0) is 6.42 Å². The van der Waals surface area contributed by atoms with Crippen molar-refractivity contribution in [1.82, 2.24) is 4.98 Å². The van der Waals surface area contributed by atoms with Crippen molar-refractivity contribution in [2.45, 2.75) is 33.1 Å². The Morgan fingerprint density at radius 1 is 1.25 bits per heavy atom. The van der Waals surface area contributed by atoms with Gasteiger partial charge < -0.3 is 0 Å². The van der Waals surface area contributed by atoms with Gasteiger partial charge in [-0.2, -0.15) is 0 Å². The molecule has 0 aliphatic heterocycles. The second kappa shape index (κ2) is 4.42. The summed E-state index contributed by atoms with van der Waals surface area (Å²) in [4.78, 5) is 4.57. The Balaban J connectivity index is 2.65. The molecular formula is C14H16ClN. The Morgan fingerprint density at radius 3 is 2.62 bits per heavy atom. The first-order valence-corrected chi connectivity index (χ1v) is 6.08. The van der Waals surface area contributed by atoms with Gasteiger partial charge in [0.25, 0.3) is 0 Å². The summed E-state index contributed by atoms with van der Waals surface area (Å²) in [7, 11) is 0. The van der Waals surface area contributed by atoms with Gasteiger partial charge in [-0.15, -0.1) is 0 Å². The van der Waals surface area contributed by atoms with Gasteiger partial charge in [0.05, 0.1) is 10.5 Å². The van der Waals surface area contributed by atoms with E-state index < -0.39 is 0 Å². The number of aryl methyl sites for hydroxylation is 1. The molecule has 0 aliphatic carbocycles. The van der Waals surface area contributed by atoms with E-state index in [4.69, 9.17) is 11.6 Å². The van der Waals surface area contributed by atoms with Crippen molar-refractivity contribution in [1.29, 1.82) is 0 Å². The summed E-state index contributed by atoms with van der Waals surface area (Å²) in [5.41, 5.74) is 3.35. The van der Waals surface area contributed by atoms with Gasteiger partial charge in [-0.25, -0.2) is 0 Å². The van der Waals surface area contributed by atoms with Crippen molar-refractivity contribution in [2.24, 2.45) is 0 Å². The lowest BCUT2D eigenvalue weighted by molar-refractivity contribution is 0.868. The molecule has 0 fully saturated rings. The maximum Gasteiger partial charge on any atom is 0.0720 e. The number of benzene rings is 1. The third-order valence-electron chi connectivity index (χ3n) is 2.86. The van der Waals surface area contributed by atoms with Gasteiger partial charge in [-0.3, -0.25) is 4.98 Å². The molecule has 84 valence electrons. The minimum Gasteiger partial charge on any atom is -0.253 e. The molecule has 0 unspecified atom stereocenters. The van der Waals surface area contributed by atoms with Crippen LogP contribution in [0, 0.1) is 0 Å². The zero-order chi connectivity index (χ0) is 11.7. The van der Waals surface area contributed by atoms with Crippen molar-refractivity contribution in [3.63, 3.8) is 0 Å². The summed E-state index contributed by atoms with van der Waals surface area (Å²) in [5.74, 6) is 0.520. The molecule has 1 aromatic heterocycles. The molecule has 2 rings (SSSR count). The van der Waals surface area contributed by atoms with Crippen LogP contribution in [0.5, 0.6) is 0 Å². The summed E-state index contributed by atoms with van der Waals surface area (Å²) < 4.78 is 0. The van der Waals surface area contributed by atoms with Crippen molar-refractivity contribution in [2.75, 3.05) is 0 Å². The minimum absolute atomic E-state index is 0.520. The van der Waals surface area contributed by atoms with Gasteiger partial charge in [0.1, 0.15) is 0 Å². The zero-order valence-corrected chi connectivity index (χ0v) is 10.7. The Morgan fingerprint density at radius 2 is 2.00 bits per heavy atom. The van der Waals surface area contributed by atoms with E-state index >= 15 is 0 Å². The normalized spacial score (nSPS) is 11.3. The number of pyridine rings is 1. The van der Waals surface area contributed by atoms with E-state index in [2.05, 4.69) is 44.0 Å². The smallest absolute Gasteiger partial charge is 0.0720 e.